The number of ether oxygens (including phenoxy) is 1. The van der Waals surface area contributed by atoms with E-state index >= 15 is 0 Å². The molecule has 1 heterocycles. The minimum atomic E-state index is -3.94. The third-order valence-corrected chi connectivity index (χ3v) is 6.12. The summed E-state index contributed by atoms with van der Waals surface area (Å²) in [5.74, 6) is -1.06. The van der Waals surface area contributed by atoms with Crippen molar-refractivity contribution < 1.29 is 23.1 Å². The van der Waals surface area contributed by atoms with Crippen molar-refractivity contribution in [3.8, 4) is 5.75 Å². The number of methoxy groups -OCH3 is 1. The zero-order valence-electron chi connectivity index (χ0n) is 14.0. The van der Waals surface area contributed by atoms with E-state index in [0.717, 1.165) is 23.6 Å². The highest BCUT2D eigenvalue weighted by atomic mass is 32.2. The summed E-state index contributed by atoms with van der Waals surface area (Å²) in [7, 11) is -2.58. The first kappa shape index (κ1) is 17.3. The van der Waals surface area contributed by atoms with Crippen LogP contribution >= 0.6 is 0 Å². The predicted octanol–water partition coefficient (Wildman–Crippen LogP) is 2.84. The zero-order valence-corrected chi connectivity index (χ0v) is 14.8. The van der Waals surface area contributed by atoms with Gasteiger partial charge in [-0.3, -0.25) is 4.31 Å². The Labute approximate surface area is 146 Å². The Hall–Kier alpha value is -2.54. The van der Waals surface area contributed by atoms with Crippen LogP contribution in [0.25, 0.3) is 0 Å². The van der Waals surface area contributed by atoms with Crippen LogP contribution in [0.15, 0.2) is 41.3 Å². The highest BCUT2D eigenvalue weighted by molar-refractivity contribution is 7.93. The molecule has 1 aliphatic rings. The van der Waals surface area contributed by atoms with E-state index in [2.05, 4.69) is 0 Å². The molecule has 0 atom stereocenters. The van der Waals surface area contributed by atoms with Crippen LogP contribution in [0.3, 0.4) is 0 Å². The number of benzene rings is 2. The Kier molecular flexibility index (Phi) is 4.43. The Bertz CT molecular complexity index is 936. The topological polar surface area (TPSA) is 83.9 Å². The number of sulfonamides is 1. The molecule has 3 rings (SSSR count). The molecule has 0 aliphatic carbocycles. The van der Waals surface area contributed by atoms with Gasteiger partial charge in [0.05, 0.1) is 18.4 Å². The zero-order chi connectivity index (χ0) is 18.2. The molecule has 25 heavy (non-hydrogen) atoms. The molecule has 0 aromatic heterocycles. The highest BCUT2D eigenvalue weighted by Crippen LogP contribution is 2.35. The summed E-state index contributed by atoms with van der Waals surface area (Å²) in [4.78, 5) is 11.1. The fourth-order valence-electron chi connectivity index (χ4n) is 3.07. The number of fused-ring (bicyclic) bond motifs is 1. The van der Waals surface area contributed by atoms with E-state index in [1.54, 1.807) is 6.07 Å². The SMILES string of the molecule is COc1ccc(C(=O)O)cc1S(=O)(=O)N1CCCc2cc(C)ccc21. The van der Waals surface area contributed by atoms with Crippen LogP contribution in [0, 0.1) is 6.92 Å². The molecular weight excluding hydrogens is 342 g/mol. The number of anilines is 1. The molecule has 0 unspecified atom stereocenters. The first-order chi connectivity index (χ1) is 11.8. The fraction of sp³-hybridized carbons (Fsp3) is 0.278. The van der Waals surface area contributed by atoms with Crippen molar-refractivity contribution in [2.45, 2.75) is 24.7 Å². The van der Waals surface area contributed by atoms with Crippen LogP contribution in [0.5, 0.6) is 5.75 Å². The number of rotatable bonds is 4. The highest BCUT2D eigenvalue weighted by Gasteiger charge is 2.32. The molecule has 7 heteroatoms. The van der Waals surface area contributed by atoms with E-state index in [1.165, 1.54) is 23.5 Å². The third-order valence-electron chi connectivity index (χ3n) is 4.29. The van der Waals surface area contributed by atoms with Crippen LogP contribution in [-0.2, 0) is 16.4 Å². The fourth-order valence-corrected chi connectivity index (χ4v) is 4.80. The molecule has 0 fully saturated rings. The summed E-state index contributed by atoms with van der Waals surface area (Å²) in [6.45, 7) is 2.31. The monoisotopic (exact) mass is 361 g/mol. The minimum absolute atomic E-state index is 0.0967. The van der Waals surface area contributed by atoms with E-state index in [9.17, 15) is 18.3 Å². The molecule has 2 aromatic carbocycles. The Morgan fingerprint density at radius 2 is 1.96 bits per heavy atom. The maximum absolute atomic E-state index is 13.2. The van der Waals surface area contributed by atoms with Gasteiger partial charge in [0.2, 0.25) is 0 Å². The van der Waals surface area contributed by atoms with Gasteiger partial charge in [0, 0.05) is 6.54 Å². The predicted molar refractivity (Wildman–Crippen MR) is 94.0 cm³/mol. The molecular formula is C18H19NO5S. The van der Waals surface area contributed by atoms with Gasteiger partial charge in [0.25, 0.3) is 10.0 Å². The van der Waals surface area contributed by atoms with Crippen LogP contribution < -0.4 is 9.04 Å². The smallest absolute Gasteiger partial charge is 0.335 e. The van der Waals surface area contributed by atoms with E-state index in [0.29, 0.717) is 18.7 Å². The van der Waals surface area contributed by atoms with Gasteiger partial charge in [-0.05, 0) is 49.6 Å². The number of carbonyl (C=O) groups is 1. The number of carboxylic acid groups (broad SMARTS) is 1. The second-order valence-electron chi connectivity index (χ2n) is 5.98. The average molecular weight is 361 g/mol. The maximum atomic E-state index is 13.2. The van der Waals surface area contributed by atoms with E-state index in [-0.39, 0.29) is 16.2 Å². The van der Waals surface area contributed by atoms with Crippen molar-refractivity contribution >= 4 is 21.7 Å². The Morgan fingerprint density at radius 1 is 1.20 bits per heavy atom. The van der Waals surface area contributed by atoms with Crippen LogP contribution in [-0.4, -0.2) is 33.1 Å². The summed E-state index contributed by atoms with van der Waals surface area (Å²) in [5, 5.41) is 9.19. The molecule has 0 saturated heterocycles. The van der Waals surface area contributed by atoms with Crippen molar-refractivity contribution in [3.63, 3.8) is 0 Å². The van der Waals surface area contributed by atoms with E-state index < -0.39 is 16.0 Å². The number of aromatic carboxylic acids is 1. The van der Waals surface area contributed by atoms with Crippen LogP contribution in [0.2, 0.25) is 0 Å². The van der Waals surface area contributed by atoms with Gasteiger partial charge in [-0.15, -0.1) is 0 Å². The number of aryl methyl sites for hydroxylation is 2. The van der Waals surface area contributed by atoms with Crippen LogP contribution in [0.4, 0.5) is 5.69 Å². The van der Waals surface area contributed by atoms with Crippen molar-refractivity contribution in [2.75, 3.05) is 18.0 Å². The van der Waals surface area contributed by atoms with Crippen molar-refractivity contribution in [1.29, 1.82) is 0 Å². The lowest BCUT2D eigenvalue weighted by atomic mass is 10.0. The first-order valence-corrected chi connectivity index (χ1v) is 9.32. The minimum Gasteiger partial charge on any atom is -0.495 e. The van der Waals surface area contributed by atoms with Gasteiger partial charge in [0.15, 0.2) is 0 Å². The molecule has 132 valence electrons. The molecule has 0 amide bonds. The molecule has 1 N–H and O–H groups in total. The van der Waals surface area contributed by atoms with Gasteiger partial charge >= 0.3 is 5.97 Å². The number of hydrogen-bond acceptors (Lipinski definition) is 4. The number of hydrogen-bond donors (Lipinski definition) is 1. The molecule has 0 radical (unpaired) electrons. The Balaban J connectivity index is 2.15. The largest absolute Gasteiger partial charge is 0.495 e. The van der Waals surface area contributed by atoms with Gasteiger partial charge in [-0.1, -0.05) is 17.7 Å². The lowest BCUT2D eigenvalue weighted by molar-refractivity contribution is 0.0696. The summed E-state index contributed by atoms with van der Waals surface area (Å²) < 4.78 is 33.0. The number of carboxylic acids is 1. The standard InChI is InChI=1S/C18H19NO5S/c1-12-5-7-15-13(10-12)4-3-9-19(15)25(22,23)17-11-14(18(20)21)6-8-16(17)24-2/h5-8,10-11H,3-4,9H2,1-2H3,(H,20,21). The quantitative estimate of drug-likeness (QED) is 0.905. The third kappa shape index (κ3) is 3.07. The normalized spacial score (nSPS) is 14.1. The second kappa shape index (κ2) is 6.40. The summed E-state index contributed by atoms with van der Waals surface area (Å²) in [6, 6.07) is 9.51. The average Bonchev–Trinajstić information content (AvgIpc) is 2.60. The lowest BCUT2D eigenvalue weighted by Gasteiger charge is -2.31. The molecule has 0 spiro atoms. The lowest BCUT2D eigenvalue weighted by Crippen LogP contribution is -2.35. The van der Waals surface area contributed by atoms with Crippen molar-refractivity contribution in [1.82, 2.24) is 0 Å². The van der Waals surface area contributed by atoms with Crippen molar-refractivity contribution in [3.05, 3.63) is 53.1 Å². The molecule has 6 nitrogen and oxygen atoms in total. The van der Waals surface area contributed by atoms with Gasteiger partial charge in [-0.25, -0.2) is 13.2 Å². The van der Waals surface area contributed by atoms with Gasteiger partial charge in [0.1, 0.15) is 10.6 Å². The van der Waals surface area contributed by atoms with Gasteiger partial charge < -0.3 is 9.84 Å². The van der Waals surface area contributed by atoms with Crippen molar-refractivity contribution in [2.24, 2.45) is 0 Å². The number of nitrogens with zero attached hydrogens (tertiary/aromatic N) is 1. The maximum Gasteiger partial charge on any atom is 0.335 e. The molecule has 1 aliphatic heterocycles. The molecule has 2 aromatic rings. The summed E-state index contributed by atoms with van der Waals surface area (Å²) >= 11 is 0. The second-order valence-corrected chi connectivity index (χ2v) is 7.81. The first-order valence-electron chi connectivity index (χ1n) is 7.88. The molecule has 0 saturated carbocycles. The Morgan fingerprint density at radius 3 is 2.64 bits per heavy atom. The van der Waals surface area contributed by atoms with E-state index in [1.807, 2.05) is 19.1 Å². The summed E-state index contributed by atoms with van der Waals surface area (Å²) in [5.41, 5.74) is 2.59. The van der Waals surface area contributed by atoms with Crippen LogP contribution in [0.1, 0.15) is 27.9 Å². The molecule has 0 bridgehead atoms. The van der Waals surface area contributed by atoms with E-state index in [4.69, 9.17) is 4.74 Å². The van der Waals surface area contributed by atoms with Gasteiger partial charge in [-0.2, -0.15) is 0 Å². The summed E-state index contributed by atoms with van der Waals surface area (Å²) in [6.07, 6.45) is 1.52.